The predicted molar refractivity (Wildman–Crippen MR) is 106 cm³/mol. The number of nitrogens with zero attached hydrogens (tertiary/aromatic N) is 1. The van der Waals surface area contributed by atoms with E-state index in [1.54, 1.807) is 11.3 Å². The summed E-state index contributed by atoms with van der Waals surface area (Å²) >= 11 is 1.67. The van der Waals surface area contributed by atoms with Crippen molar-refractivity contribution in [2.24, 2.45) is 0 Å². The summed E-state index contributed by atoms with van der Waals surface area (Å²) in [6, 6.07) is 16.5. The molecular weight excluding hydrogens is 359 g/mol. The second kappa shape index (κ2) is 8.03. The molecule has 138 valence electrons. The van der Waals surface area contributed by atoms with Crippen molar-refractivity contribution >= 4 is 17.2 Å². The minimum Gasteiger partial charge on any atom is -0.350 e. The second-order valence-electron chi connectivity index (χ2n) is 6.78. The number of carbonyl (C=O) groups is 1. The van der Waals surface area contributed by atoms with Gasteiger partial charge in [-0.3, -0.25) is 9.69 Å². The maximum absolute atomic E-state index is 13.1. The third-order valence-corrected chi connectivity index (χ3v) is 5.79. The van der Waals surface area contributed by atoms with E-state index in [1.807, 2.05) is 0 Å². The number of amides is 1. The molecule has 3 aromatic rings. The number of benzene rings is 2. The third-order valence-electron chi connectivity index (χ3n) is 5.09. The van der Waals surface area contributed by atoms with Gasteiger partial charge in [0.2, 0.25) is 0 Å². The average Bonchev–Trinajstić information content (AvgIpc) is 3.23. The van der Waals surface area contributed by atoms with Gasteiger partial charge in [-0.2, -0.15) is 11.3 Å². The Bertz CT molecular complexity index is 908. The maximum atomic E-state index is 13.1. The van der Waals surface area contributed by atoms with Crippen molar-refractivity contribution < 1.29 is 9.18 Å². The number of carbonyl (C=O) groups excluding carboxylic acids is 1. The van der Waals surface area contributed by atoms with Gasteiger partial charge in [0, 0.05) is 25.2 Å². The molecule has 4 rings (SSSR count). The van der Waals surface area contributed by atoms with Crippen molar-refractivity contribution in [3.63, 3.8) is 0 Å². The Labute approximate surface area is 162 Å². The molecule has 0 spiro atoms. The SMILES string of the molecule is O=C(NC[C@H](c1ccsc1)N1CCc2ccccc2C1)c1ccc(F)cc1. The molecule has 5 heteroatoms. The summed E-state index contributed by atoms with van der Waals surface area (Å²) in [5, 5.41) is 7.25. The maximum Gasteiger partial charge on any atom is 0.251 e. The van der Waals surface area contributed by atoms with E-state index < -0.39 is 0 Å². The fourth-order valence-electron chi connectivity index (χ4n) is 3.60. The fraction of sp³-hybridized carbons (Fsp3) is 0.227. The van der Waals surface area contributed by atoms with Crippen LogP contribution < -0.4 is 5.32 Å². The number of hydrogen-bond donors (Lipinski definition) is 1. The molecule has 1 N–H and O–H groups in total. The van der Waals surface area contributed by atoms with Gasteiger partial charge in [-0.05, 0) is 64.2 Å². The molecule has 0 fully saturated rings. The standard InChI is InChI=1S/C22H21FN2OS/c23-20-7-5-17(6-8-20)22(26)24-13-21(19-10-12-27-15-19)25-11-9-16-3-1-2-4-18(16)14-25/h1-8,10,12,15,21H,9,11,13-14H2,(H,24,26)/t21-/m1/s1. The molecule has 0 saturated heterocycles. The molecule has 1 aliphatic heterocycles. The van der Waals surface area contributed by atoms with Gasteiger partial charge < -0.3 is 5.32 Å². The van der Waals surface area contributed by atoms with Crippen molar-refractivity contribution in [1.29, 1.82) is 0 Å². The van der Waals surface area contributed by atoms with E-state index in [1.165, 1.54) is 41.0 Å². The van der Waals surface area contributed by atoms with E-state index >= 15 is 0 Å². The van der Waals surface area contributed by atoms with Crippen molar-refractivity contribution in [2.45, 2.75) is 19.0 Å². The van der Waals surface area contributed by atoms with E-state index in [0.717, 1.165) is 19.5 Å². The van der Waals surface area contributed by atoms with Gasteiger partial charge in [0.15, 0.2) is 0 Å². The van der Waals surface area contributed by atoms with Crippen LogP contribution in [-0.2, 0) is 13.0 Å². The van der Waals surface area contributed by atoms with Crippen LogP contribution in [0.3, 0.4) is 0 Å². The molecule has 0 radical (unpaired) electrons. The van der Waals surface area contributed by atoms with Crippen LogP contribution in [0.2, 0.25) is 0 Å². The van der Waals surface area contributed by atoms with E-state index in [4.69, 9.17) is 0 Å². The molecule has 1 amide bonds. The van der Waals surface area contributed by atoms with Gasteiger partial charge >= 0.3 is 0 Å². The molecule has 3 nitrogen and oxygen atoms in total. The monoisotopic (exact) mass is 380 g/mol. The molecule has 2 heterocycles. The van der Waals surface area contributed by atoms with Gasteiger partial charge in [0.05, 0.1) is 6.04 Å². The number of fused-ring (bicyclic) bond motifs is 1. The highest BCUT2D eigenvalue weighted by Gasteiger charge is 2.25. The lowest BCUT2D eigenvalue weighted by Gasteiger charge is -2.35. The zero-order chi connectivity index (χ0) is 18.6. The highest BCUT2D eigenvalue weighted by Crippen LogP contribution is 2.28. The summed E-state index contributed by atoms with van der Waals surface area (Å²) in [4.78, 5) is 14.9. The molecule has 27 heavy (non-hydrogen) atoms. The van der Waals surface area contributed by atoms with Crippen LogP contribution in [0.4, 0.5) is 4.39 Å². The van der Waals surface area contributed by atoms with Crippen LogP contribution in [0.15, 0.2) is 65.4 Å². The van der Waals surface area contributed by atoms with E-state index in [-0.39, 0.29) is 17.8 Å². The van der Waals surface area contributed by atoms with E-state index in [2.05, 4.69) is 51.3 Å². The number of halogens is 1. The van der Waals surface area contributed by atoms with E-state index in [9.17, 15) is 9.18 Å². The largest absolute Gasteiger partial charge is 0.350 e. The van der Waals surface area contributed by atoms with E-state index in [0.29, 0.717) is 12.1 Å². The van der Waals surface area contributed by atoms with Crippen LogP contribution in [-0.4, -0.2) is 23.9 Å². The number of hydrogen-bond acceptors (Lipinski definition) is 3. The first-order valence-corrected chi connectivity index (χ1v) is 10.0. The Kier molecular flexibility index (Phi) is 5.32. The Morgan fingerprint density at radius 1 is 1.11 bits per heavy atom. The lowest BCUT2D eigenvalue weighted by Crippen LogP contribution is -2.40. The first-order chi connectivity index (χ1) is 13.2. The number of rotatable bonds is 5. The van der Waals surface area contributed by atoms with Crippen molar-refractivity contribution in [3.8, 4) is 0 Å². The number of nitrogens with one attached hydrogen (secondary N) is 1. The lowest BCUT2D eigenvalue weighted by molar-refractivity contribution is 0.0928. The van der Waals surface area contributed by atoms with Crippen molar-refractivity contribution in [1.82, 2.24) is 10.2 Å². The van der Waals surface area contributed by atoms with Gasteiger partial charge in [-0.25, -0.2) is 4.39 Å². The minimum atomic E-state index is -0.338. The molecular formula is C22H21FN2OS. The van der Waals surface area contributed by atoms with Gasteiger partial charge in [0.1, 0.15) is 5.82 Å². The van der Waals surface area contributed by atoms with Gasteiger partial charge in [-0.1, -0.05) is 24.3 Å². The summed E-state index contributed by atoms with van der Waals surface area (Å²) in [6.45, 7) is 2.36. The van der Waals surface area contributed by atoms with Crippen LogP contribution in [0.25, 0.3) is 0 Å². The molecule has 0 aliphatic carbocycles. The van der Waals surface area contributed by atoms with Gasteiger partial charge in [-0.15, -0.1) is 0 Å². The zero-order valence-electron chi connectivity index (χ0n) is 14.9. The van der Waals surface area contributed by atoms with Crippen LogP contribution in [0.1, 0.15) is 33.1 Å². The Morgan fingerprint density at radius 2 is 1.89 bits per heavy atom. The highest BCUT2D eigenvalue weighted by atomic mass is 32.1. The molecule has 2 aromatic carbocycles. The molecule has 1 atom stereocenters. The van der Waals surface area contributed by atoms with Crippen molar-refractivity contribution in [3.05, 3.63) is 93.4 Å². The first-order valence-electron chi connectivity index (χ1n) is 9.07. The zero-order valence-corrected chi connectivity index (χ0v) is 15.7. The van der Waals surface area contributed by atoms with Crippen LogP contribution in [0, 0.1) is 5.82 Å². The quantitative estimate of drug-likeness (QED) is 0.711. The molecule has 0 saturated carbocycles. The molecule has 1 aliphatic rings. The topological polar surface area (TPSA) is 32.3 Å². The second-order valence-corrected chi connectivity index (χ2v) is 7.56. The third kappa shape index (κ3) is 4.10. The normalized spacial score (nSPS) is 15.1. The minimum absolute atomic E-state index is 0.119. The number of thiophene rings is 1. The average molecular weight is 380 g/mol. The summed E-state index contributed by atoms with van der Waals surface area (Å²) in [5.74, 6) is -0.512. The first kappa shape index (κ1) is 17.9. The van der Waals surface area contributed by atoms with Gasteiger partial charge in [0.25, 0.3) is 5.91 Å². The molecule has 1 aromatic heterocycles. The fourth-order valence-corrected chi connectivity index (χ4v) is 4.31. The Balaban J connectivity index is 1.49. The van der Waals surface area contributed by atoms with Crippen LogP contribution >= 0.6 is 11.3 Å². The molecule has 0 unspecified atom stereocenters. The highest BCUT2D eigenvalue weighted by molar-refractivity contribution is 7.07. The van der Waals surface area contributed by atoms with Crippen molar-refractivity contribution in [2.75, 3.05) is 13.1 Å². The predicted octanol–water partition coefficient (Wildman–Crippen LogP) is 4.42. The molecule has 0 bridgehead atoms. The Hall–Kier alpha value is -2.50. The lowest BCUT2D eigenvalue weighted by atomic mass is 9.97. The summed E-state index contributed by atoms with van der Waals surface area (Å²) in [5.41, 5.74) is 4.46. The smallest absolute Gasteiger partial charge is 0.251 e. The summed E-state index contributed by atoms with van der Waals surface area (Å²) in [7, 11) is 0. The van der Waals surface area contributed by atoms with Crippen LogP contribution in [0.5, 0.6) is 0 Å². The summed E-state index contributed by atoms with van der Waals surface area (Å²) in [6.07, 6.45) is 1.02. The summed E-state index contributed by atoms with van der Waals surface area (Å²) < 4.78 is 13.1. The Morgan fingerprint density at radius 3 is 2.63 bits per heavy atom.